The fourth-order valence-electron chi connectivity index (χ4n) is 2.93. The summed E-state index contributed by atoms with van der Waals surface area (Å²) in [6.07, 6.45) is 3.21. The van der Waals surface area contributed by atoms with E-state index >= 15 is 0 Å². The Balaban J connectivity index is 1.60. The lowest BCUT2D eigenvalue weighted by Crippen LogP contribution is -2.44. The summed E-state index contributed by atoms with van der Waals surface area (Å²) in [6.45, 7) is 0.268. The van der Waals surface area contributed by atoms with Crippen LogP contribution in [0.15, 0.2) is 23.1 Å². The molecule has 0 bridgehead atoms. The smallest absolute Gasteiger partial charge is 0.268 e. The summed E-state index contributed by atoms with van der Waals surface area (Å²) in [7, 11) is 3.33. The van der Waals surface area contributed by atoms with Gasteiger partial charge in [-0.2, -0.15) is 0 Å². The summed E-state index contributed by atoms with van der Waals surface area (Å²) in [5.41, 5.74) is 1.09. The van der Waals surface area contributed by atoms with Crippen LogP contribution < -0.4 is 10.9 Å². The van der Waals surface area contributed by atoms with Gasteiger partial charge < -0.3 is 19.6 Å². The number of methoxy groups -OCH3 is 1. The van der Waals surface area contributed by atoms with Gasteiger partial charge in [0.15, 0.2) is 0 Å². The summed E-state index contributed by atoms with van der Waals surface area (Å²) < 4.78 is 6.70. The molecule has 128 valence electrons. The standard InChI is InChI=1S/C16H19ClN4O3/c1-21-7-10(17)5-13(21)16(23)18-11-3-9(4-11)12-6-15(22)20-14(19-12)8-24-2/h5-7,9,11H,3-4,8H2,1-2H3,(H,18,23)(H,19,20,22). The Labute approximate surface area is 144 Å². The molecule has 0 aromatic carbocycles. The lowest BCUT2D eigenvalue weighted by Gasteiger charge is -2.35. The van der Waals surface area contributed by atoms with Crippen molar-refractivity contribution >= 4 is 17.5 Å². The molecular formula is C16H19ClN4O3. The molecule has 0 atom stereocenters. The van der Waals surface area contributed by atoms with Crippen LogP contribution in [-0.4, -0.2) is 33.6 Å². The van der Waals surface area contributed by atoms with Crippen molar-refractivity contribution in [3.05, 3.63) is 50.9 Å². The number of H-pyrrole nitrogens is 1. The van der Waals surface area contributed by atoms with Crippen molar-refractivity contribution in [1.29, 1.82) is 0 Å². The molecule has 2 aromatic heterocycles. The second kappa shape index (κ2) is 6.78. The van der Waals surface area contributed by atoms with Gasteiger partial charge >= 0.3 is 0 Å². The number of ether oxygens (including phenoxy) is 1. The Morgan fingerprint density at radius 2 is 2.25 bits per heavy atom. The van der Waals surface area contributed by atoms with Gasteiger partial charge in [0.05, 0.1) is 10.7 Å². The average Bonchev–Trinajstić information content (AvgIpc) is 2.80. The SMILES string of the molecule is COCc1nc(C2CC(NC(=O)c3cc(Cl)cn3C)C2)cc(=O)[nH]1. The van der Waals surface area contributed by atoms with Gasteiger partial charge in [0, 0.05) is 38.4 Å². The van der Waals surface area contributed by atoms with E-state index < -0.39 is 0 Å². The molecule has 0 radical (unpaired) electrons. The topological polar surface area (TPSA) is 89.0 Å². The number of aryl methyl sites for hydroxylation is 1. The van der Waals surface area contributed by atoms with E-state index in [0.717, 1.165) is 18.5 Å². The second-order valence-corrected chi connectivity index (χ2v) is 6.48. The number of halogens is 1. The van der Waals surface area contributed by atoms with Crippen molar-refractivity contribution in [2.24, 2.45) is 7.05 Å². The Morgan fingerprint density at radius 3 is 2.88 bits per heavy atom. The summed E-state index contributed by atoms with van der Waals surface area (Å²) in [6, 6.07) is 3.23. The van der Waals surface area contributed by atoms with Crippen LogP contribution in [-0.2, 0) is 18.4 Å². The average molecular weight is 351 g/mol. The Bertz CT molecular complexity index is 808. The van der Waals surface area contributed by atoms with E-state index in [1.807, 2.05) is 0 Å². The zero-order chi connectivity index (χ0) is 17.3. The summed E-state index contributed by atoms with van der Waals surface area (Å²) in [5.74, 6) is 0.544. The molecule has 0 saturated heterocycles. The third-order valence-corrected chi connectivity index (χ3v) is 4.39. The van der Waals surface area contributed by atoms with Crippen LogP contribution in [0.25, 0.3) is 0 Å². The van der Waals surface area contributed by atoms with Crippen LogP contribution in [0.5, 0.6) is 0 Å². The summed E-state index contributed by atoms with van der Waals surface area (Å²) in [5, 5.41) is 3.52. The molecule has 0 aliphatic heterocycles. The first-order valence-electron chi connectivity index (χ1n) is 7.68. The van der Waals surface area contributed by atoms with E-state index in [1.165, 1.54) is 6.07 Å². The van der Waals surface area contributed by atoms with E-state index in [4.69, 9.17) is 16.3 Å². The lowest BCUT2D eigenvalue weighted by atomic mass is 9.78. The van der Waals surface area contributed by atoms with E-state index in [0.29, 0.717) is 16.5 Å². The number of rotatable bonds is 5. The molecule has 1 aliphatic rings. The fraction of sp³-hybridized carbons (Fsp3) is 0.438. The number of nitrogens with zero attached hydrogens (tertiary/aromatic N) is 2. The van der Waals surface area contributed by atoms with Crippen molar-refractivity contribution in [2.45, 2.75) is 31.4 Å². The van der Waals surface area contributed by atoms with Crippen molar-refractivity contribution in [3.63, 3.8) is 0 Å². The van der Waals surface area contributed by atoms with Gasteiger partial charge in [-0.25, -0.2) is 4.98 Å². The zero-order valence-electron chi connectivity index (χ0n) is 13.5. The molecule has 0 unspecified atom stereocenters. The molecule has 7 nitrogen and oxygen atoms in total. The molecule has 1 aliphatic carbocycles. The molecule has 8 heteroatoms. The Morgan fingerprint density at radius 1 is 1.50 bits per heavy atom. The number of aromatic amines is 1. The minimum Gasteiger partial charge on any atom is -0.377 e. The highest BCUT2D eigenvalue weighted by atomic mass is 35.5. The maximum atomic E-state index is 12.2. The molecule has 1 fully saturated rings. The molecule has 3 rings (SSSR count). The van der Waals surface area contributed by atoms with Crippen molar-refractivity contribution < 1.29 is 9.53 Å². The van der Waals surface area contributed by atoms with Crippen molar-refractivity contribution in [1.82, 2.24) is 19.9 Å². The van der Waals surface area contributed by atoms with E-state index in [2.05, 4.69) is 15.3 Å². The van der Waals surface area contributed by atoms with Crippen LogP contribution >= 0.6 is 11.6 Å². The van der Waals surface area contributed by atoms with Gasteiger partial charge in [0.2, 0.25) is 0 Å². The first-order valence-corrected chi connectivity index (χ1v) is 8.06. The first kappa shape index (κ1) is 16.7. The molecule has 2 N–H and O–H groups in total. The van der Waals surface area contributed by atoms with E-state index in [9.17, 15) is 9.59 Å². The van der Waals surface area contributed by atoms with E-state index in [-0.39, 0.29) is 30.0 Å². The number of carbonyl (C=O) groups excluding carboxylic acids is 1. The molecular weight excluding hydrogens is 332 g/mol. The molecule has 0 spiro atoms. The molecule has 1 amide bonds. The van der Waals surface area contributed by atoms with Crippen LogP contribution in [0.4, 0.5) is 0 Å². The quantitative estimate of drug-likeness (QED) is 0.857. The Kier molecular flexibility index (Phi) is 4.73. The number of carbonyl (C=O) groups is 1. The predicted octanol–water partition coefficient (Wildman–Crippen LogP) is 1.58. The van der Waals surface area contributed by atoms with Crippen LogP contribution in [0.1, 0.15) is 40.8 Å². The highest BCUT2D eigenvalue weighted by molar-refractivity contribution is 6.31. The van der Waals surface area contributed by atoms with Gasteiger partial charge in [-0.1, -0.05) is 11.6 Å². The number of nitrogens with one attached hydrogen (secondary N) is 2. The number of hydrogen-bond donors (Lipinski definition) is 2. The minimum absolute atomic E-state index is 0.0724. The maximum absolute atomic E-state index is 12.2. The largest absolute Gasteiger partial charge is 0.377 e. The van der Waals surface area contributed by atoms with Crippen LogP contribution in [0, 0.1) is 0 Å². The van der Waals surface area contributed by atoms with Crippen molar-refractivity contribution in [3.8, 4) is 0 Å². The van der Waals surface area contributed by atoms with Gasteiger partial charge in [0.25, 0.3) is 11.5 Å². The highest BCUT2D eigenvalue weighted by Gasteiger charge is 2.33. The minimum atomic E-state index is -0.182. The molecule has 2 aromatic rings. The molecule has 24 heavy (non-hydrogen) atoms. The molecule has 2 heterocycles. The lowest BCUT2D eigenvalue weighted by molar-refractivity contribution is 0.0899. The Hall–Kier alpha value is -2.12. The fourth-order valence-corrected chi connectivity index (χ4v) is 3.18. The normalized spacial score (nSPS) is 19.8. The third-order valence-electron chi connectivity index (χ3n) is 4.19. The van der Waals surface area contributed by atoms with Crippen LogP contribution in [0.2, 0.25) is 5.02 Å². The highest BCUT2D eigenvalue weighted by Crippen LogP contribution is 2.35. The predicted molar refractivity (Wildman–Crippen MR) is 89.2 cm³/mol. The zero-order valence-corrected chi connectivity index (χ0v) is 14.3. The van der Waals surface area contributed by atoms with Gasteiger partial charge in [0.1, 0.15) is 18.1 Å². The summed E-state index contributed by atoms with van der Waals surface area (Å²) in [4.78, 5) is 31.0. The third kappa shape index (κ3) is 3.52. The first-order chi connectivity index (χ1) is 11.5. The molecule has 1 saturated carbocycles. The number of amides is 1. The van der Waals surface area contributed by atoms with Gasteiger partial charge in [-0.15, -0.1) is 0 Å². The van der Waals surface area contributed by atoms with Crippen LogP contribution in [0.3, 0.4) is 0 Å². The van der Waals surface area contributed by atoms with Gasteiger partial charge in [-0.3, -0.25) is 9.59 Å². The monoisotopic (exact) mass is 350 g/mol. The number of hydrogen-bond acceptors (Lipinski definition) is 4. The maximum Gasteiger partial charge on any atom is 0.268 e. The summed E-state index contributed by atoms with van der Waals surface area (Å²) >= 11 is 5.90. The van der Waals surface area contributed by atoms with E-state index in [1.54, 1.807) is 31.0 Å². The number of aromatic nitrogens is 3. The van der Waals surface area contributed by atoms with Gasteiger partial charge in [-0.05, 0) is 18.9 Å². The van der Waals surface area contributed by atoms with Crippen molar-refractivity contribution in [2.75, 3.05) is 7.11 Å². The second-order valence-electron chi connectivity index (χ2n) is 6.04.